The number of hydrogen-bond acceptors (Lipinski definition) is 8. The molecular weight excluding hydrogens is 498 g/mol. The first-order valence-electron chi connectivity index (χ1n) is 12.8. The minimum absolute atomic E-state index is 0.00470. The lowest BCUT2D eigenvalue weighted by atomic mass is 9.66. The lowest BCUT2D eigenvalue weighted by molar-refractivity contribution is -0.159. The Morgan fingerprint density at radius 2 is 1.69 bits per heavy atom. The molecule has 8 heteroatoms. The first kappa shape index (κ1) is 29.5. The first-order chi connectivity index (χ1) is 18.8. The molecule has 2 aromatic carbocycles. The van der Waals surface area contributed by atoms with Crippen LogP contribution in [0, 0.1) is 5.92 Å². The Hall–Kier alpha value is -4.04. The molecule has 0 bridgehead atoms. The van der Waals surface area contributed by atoms with Gasteiger partial charge in [0.25, 0.3) is 0 Å². The van der Waals surface area contributed by atoms with E-state index in [-0.39, 0.29) is 25.2 Å². The third-order valence-electron chi connectivity index (χ3n) is 6.68. The van der Waals surface area contributed by atoms with Crippen molar-refractivity contribution in [2.45, 2.75) is 31.3 Å². The molecule has 0 spiro atoms. The summed E-state index contributed by atoms with van der Waals surface area (Å²) in [6.45, 7) is 9.27. The Morgan fingerprint density at radius 1 is 1.03 bits per heavy atom. The Kier molecular flexibility index (Phi) is 10.3. The summed E-state index contributed by atoms with van der Waals surface area (Å²) in [4.78, 5) is 26.8. The molecule has 0 saturated carbocycles. The SMILES string of the molecule is C=CCOC(=O)C1=C(NCCc2ccc(OC)c(OC)c2)CC(C)(O)C(C(=O)OCC=C)C1c1ccccc1. The molecular formula is C31H37NO7. The largest absolute Gasteiger partial charge is 0.493 e. The fraction of sp³-hybridized carbons (Fsp3) is 0.355. The van der Waals surface area contributed by atoms with E-state index in [0.717, 1.165) is 5.56 Å². The van der Waals surface area contributed by atoms with Crippen molar-refractivity contribution in [2.75, 3.05) is 34.0 Å². The average Bonchev–Trinajstić information content (AvgIpc) is 2.94. The van der Waals surface area contributed by atoms with Crippen LogP contribution in [0.2, 0.25) is 0 Å². The van der Waals surface area contributed by atoms with Crippen LogP contribution >= 0.6 is 0 Å². The van der Waals surface area contributed by atoms with Crippen molar-refractivity contribution < 1.29 is 33.6 Å². The van der Waals surface area contributed by atoms with Crippen LogP contribution in [-0.2, 0) is 25.5 Å². The highest BCUT2D eigenvalue weighted by Crippen LogP contribution is 2.47. The second-order valence-electron chi connectivity index (χ2n) is 9.46. The zero-order valence-electron chi connectivity index (χ0n) is 22.8. The van der Waals surface area contributed by atoms with Crippen LogP contribution in [0.1, 0.15) is 30.4 Å². The zero-order chi connectivity index (χ0) is 28.4. The van der Waals surface area contributed by atoms with E-state index in [0.29, 0.717) is 35.7 Å². The predicted molar refractivity (Wildman–Crippen MR) is 149 cm³/mol. The van der Waals surface area contributed by atoms with Gasteiger partial charge in [-0.05, 0) is 36.6 Å². The van der Waals surface area contributed by atoms with E-state index in [1.807, 2.05) is 48.5 Å². The summed E-state index contributed by atoms with van der Waals surface area (Å²) in [5, 5.41) is 15.0. The molecule has 3 atom stereocenters. The van der Waals surface area contributed by atoms with E-state index in [2.05, 4.69) is 18.5 Å². The van der Waals surface area contributed by atoms with Gasteiger partial charge in [-0.2, -0.15) is 0 Å². The Balaban J connectivity index is 2.03. The molecule has 0 amide bonds. The van der Waals surface area contributed by atoms with Crippen LogP contribution in [0.3, 0.4) is 0 Å². The lowest BCUT2D eigenvalue weighted by Crippen LogP contribution is -2.50. The third kappa shape index (κ3) is 7.09. The van der Waals surface area contributed by atoms with Crippen LogP contribution in [0.4, 0.5) is 0 Å². The van der Waals surface area contributed by atoms with E-state index in [1.54, 1.807) is 21.1 Å². The maximum atomic E-state index is 13.5. The van der Waals surface area contributed by atoms with E-state index in [9.17, 15) is 14.7 Å². The van der Waals surface area contributed by atoms with Crippen molar-refractivity contribution in [1.82, 2.24) is 5.32 Å². The number of carbonyl (C=O) groups is 2. The van der Waals surface area contributed by atoms with Crippen LogP contribution in [0.25, 0.3) is 0 Å². The third-order valence-corrected chi connectivity index (χ3v) is 6.68. The summed E-state index contributed by atoms with van der Waals surface area (Å²) in [6.07, 6.45) is 3.56. The Morgan fingerprint density at radius 3 is 2.33 bits per heavy atom. The highest BCUT2D eigenvalue weighted by atomic mass is 16.5. The molecule has 39 heavy (non-hydrogen) atoms. The van der Waals surface area contributed by atoms with E-state index in [4.69, 9.17) is 18.9 Å². The fourth-order valence-electron chi connectivity index (χ4n) is 4.93. The smallest absolute Gasteiger partial charge is 0.336 e. The van der Waals surface area contributed by atoms with Gasteiger partial charge < -0.3 is 29.4 Å². The van der Waals surface area contributed by atoms with Gasteiger partial charge in [-0.25, -0.2) is 4.79 Å². The Labute approximate surface area is 229 Å². The summed E-state index contributed by atoms with van der Waals surface area (Å²) in [6, 6.07) is 14.8. The van der Waals surface area contributed by atoms with Crippen molar-refractivity contribution in [3.63, 3.8) is 0 Å². The van der Waals surface area contributed by atoms with Crippen LogP contribution < -0.4 is 14.8 Å². The number of carbonyl (C=O) groups excluding carboxylic acids is 2. The number of esters is 2. The first-order valence-corrected chi connectivity index (χ1v) is 12.8. The molecule has 0 saturated heterocycles. The van der Waals surface area contributed by atoms with E-state index < -0.39 is 29.4 Å². The van der Waals surface area contributed by atoms with Gasteiger partial charge >= 0.3 is 11.9 Å². The van der Waals surface area contributed by atoms with Gasteiger partial charge in [0.05, 0.1) is 31.3 Å². The van der Waals surface area contributed by atoms with Crippen LogP contribution in [0.15, 0.2) is 85.1 Å². The van der Waals surface area contributed by atoms with Gasteiger partial charge in [-0.1, -0.05) is 61.7 Å². The summed E-state index contributed by atoms with van der Waals surface area (Å²) in [7, 11) is 3.16. The fourth-order valence-corrected chi connectivity index (χ4v) is 4.93. The quantitative estimate of drug-likeness (QED) is 0.292. The molecule has 0 fully saturated rings. The summed E-state index contributed by atoms with van der Waals surface area (Å²) < 4.78 is 21.6. The second-order valence-corrected chi connectivity index (χ2v) is 9.46. The standard InChI is InChI=1S/C31H37NO7/c1-6-17-38-29(33)27-23(32-16-15-21-13-14-24(36-4)25(19-21)37-5)20-31(3,35)28(30(34)39-18-7-2)26(27)22-11-9-8-10-12-22/h6-14,19,26,28,32,35H,1-2,15-18,20H2,3-5H3. The van der Waals surface area contributed by atoms with E-state index in [1.165, 1.54) is 12.2 Å². The number of methoxy groups -OCH3 is 2. The number of hydrogen-bond donors (Lipinski definition) is 2. The van der Waals surface area contributed by atoms with Gasteiger partial charge in [-0.15, -0.1) is 0 Å². The van der Waals surface area contributed by atoms with E-state index >= 15 is 0 Å². The van der Waals surface area contributed by atoms with Gasteiger partial charge in [0, 0.05) is 24.6 Å². The van der Waals surface area contributed by atoms with Crippen molar-refractivity contribution in [3.8, 4) is 11.5 Å². The predicted octanol–water partition coefficient (Wildman–Crippen LogP) is 4.10. The molecule has 3 rings (SSSR count). The number of rotatable bonds is 13. The lowest BCUT2D eigenvalue weighted by Gasteiger charge is -2.43. The van der Waals surface area contributed by atoms with Gasteiger partial charge in [0.15, 0.2) is 11.5 Å². The summed E-state index contributed by atoms with van der Waals surface area (Å²) >= 11 is 0. The van der Waals surface area contributed by atoms with Crippen molar-refractivity contribution in [1.29, 1.82) is 0 Å². The minimum atomic E-state index is -1.52. The average molecular weight is 536 g/mol. The number of ether oxygens (including phenoxy) is 4. The maximum absolute atomic E-state index is 13.5. The highest BCUT2D eigenvalue weighted by Gasteiger charge is 2.52. The van der Waals surface area contributed by atoms with Crippen molar-refractivity contribution >= 4 is 11.9 Å². The van der Waals surface area contributed by atoms with Crippen molar-refractivity contribution in [2.24, 2.45) is 5.92 Å². The molecule has 8 nitrogen and oxygen atoms in total. The number of nitrogens with one attached hydrogen (secondary N) is 1. The summed E-state index contributed by atoms with van der Waals surface area (Å²) in [5.41, 5.74) is 0.943. The topological polar surface area (TPSA) is 103 Å². The molecule has 0 aromatic heterocycles. The summed E-state index contributed by atoms with van der Waals surface area (Å²) in [5.74, 6) is -1.82. The monoisotopic (exact) mass is 535 g/mol. The highest BCUT2D eigenvalue weighted by molar-refractivity contribution is 5.94. The molecule has 208 valence electrons. The maximum Gasteiger partial charge on any atom is 0.336 e. The normalized spacial score (nSPS) is 20.5. The molecule has 2 N–H and O–H groups in total. The number of aliphatic hydroxyl groups is 1. The van der Waals surface area contributed by atoms with Gasteiger partial charge in [-0.3, -0.25) is 4.79 Å². The van der Waals surface area contributed by atoms with Gasteiger partial charge in [0.1, 0.15) is 13.2 Å². The molecule has 1 aliphatic rings. The molecule has 0 radical (unpaired) electrons. The zero-order valence-corrected chi connectivity index (χ0v) is 22.8. The molecule has 3 unspecified atom stereocenters. The Bertz CT molecular complexity index is 1200. The van der Waals surface area contributed by atoms with Crippen LogP contribution in [-0.4, -0.2) is 56.6 Å². The molecule has 0 aliphatic heterocycles. The number of benzene rings is 2. The molecule has 0 heterocycles. The van der Waals surface area contributed by atoms with Crippen molar-refractivity contribution in [3.05, 3.63) is 96.2 Å². The molecule has 2 aromatic rings. The van der Waals surface area contributed by atoms with Gasteiger partial charge in [0.2, 0.25) is 0 Å². The second kappa shape index (κ2) is 13.7. The van der Waals surface area contributed by atoms with Crippen LogP contribution in [0.5, 0.6) is 11.5 Å². The molecule has 1 aliphatic carbocycles. The minimum Gasteiger partial charge on any atom is -0.493 e.